The van der Waals surface area contributed by atoms with Crippen LogP contribution < -0.4 is 29.0 Å². The van der Waals surface area contributed by atoms with Crippen molar-refractivity contribution in [3.63, 3.8) is 0 Å². The molecule has 0 spiro atoms. The van der Waals surface area contributed by atoms with Gasteiger partial charge in [0.25, 0.3) is 0 Å². The van der Waals surface area contributed by atoms with E-state index in [2.05, 4.69) is 20.0 Å². The topological polar surface area (TPSA) is 263 Å². The lowest BCUT2D eigenvalue weighted by atomic mass is 9.78. The number of ketones is 2. The highest BCUT2D eigenvalue weighted by Gasteiger charge is 2.52. The van der Waals surface area contributed by atoms with Gasteiger partial charge in [0, 0.05) is 89.7 Å². The van der Waals surface area contributed by atoms with Crippen LogP contribution in [0.3, 0.4) is 0 Å². The van der Waals surface area contributed by atoms with Crippen LogP contribution in [0.4, 0.5) is 5.82 Å². The second-order valence-electron chi connectivity index (χ2n) is 26.1. The highest BCUT2D eigenvalue weighted by atomic mass is 35.5. The van der Waals surface area contributed by atoms with Crippen molar-refractivity contribution < 1.29 is 64.3 Å². The predicted molar refractivity (Wildman–Crippen MR) is 388 cm³/mol. The molecule has 0 atom stereocenters. The number of Topliss-reactive ketones (excluding diaryl/α,β-unsaturated/α-hetero) is 2. The van der Waals surface area contributed by atoms with Gasteiger partial charge in [-0.2, -0.15) is 4.31 Å². The Kier molecular flexibility index (Phi) is 20.1. The molecule has 6 heterocycles. The molecule has 3 aliphatic heterocycles. The number of amides is 2. The zero-order valence-corrected chi connectivity index (χ0v) is 58.5. The number of rotatable bonds is 19. The van der Waals surface area contributed by atoms with E-state index in [0.29, 0.717) is 59.0 Å². The standard InChI is InChI=1S/C29H29N3O6S.C25H23NO4.C24H24ClN3O3S.3H2/c1-20(33)31-12-14-32(15-13-31)39(35,36)25-5-2-21(3-6-25)22-8-11-30-24(16-22)18-28(34)29(9-10-29)23-4-7-26-27(17-23)38-19-37-26;1-16-20(21-5-3-2-4-17(21)14-27)8-7-19(26-16)13-24(28)25(10-11-25)18-6-9-22-23(12-18)30-15-29-22;1-26-32(30,31)20-13-7-17(8-14-20)21-5-4-6-22(27-21)28-23(29)24(15-2-3-16-24)18-9-11-19(25)12-10-18;;;/h2-8,11,16-17H,9-10,12-15,18-19H2,1H3;2-9,12,27H,10-11,13-15H2,1H3;4-14,26H,2-3,15-16H2,1H3,(H,27,28,29);3*1H. The van der Waals surface area contributed by atoms with Gasteiger partial charge in [-0.3, -0.25) is 29.1 Å². The van der Waals surface area contributed by atoms with Gasteiger partial charge in [-0.25, -0.2) is 26.5 Å². The molecule has 3 aromatic heterocycles. The molecule has 0 radical (unpaired) electrons. The first-order valence-electron chi connectivity index (χ1n) is 33.6. The van der Waals surface area contributed by atoms with Crippen molar-refractivity contribution in [1.29, 1.82) is 0 Å². The van der Waals surface area contributed by atoms with E-state index in [4.69, 9.17) is 35.5 Å². The van der Waals surface area contributed by atoms with Crippen LogP contribution in [-0.2, 0) is 74.9 Å². The molecule has 3 saturated carbocycles. The number of aromatic nitrogens is 3. The molecule has 4 fully saturated rings. The quantitative estimate of drug-likeness (QED) is 0.0679. The summed E-state index contributed by atoms with van der Waals surface area (Å²) in [5, 5.41) is 13.3. The number of sulfonamides is 2. The second kappa shape index (κ2) is 29.1. The highest BCUT2D eigenvalue weighted by Crippen LogP contribution is 2.53. The number of pyridine rings is 3. The summed E-state index contributed by atoms with van der Waals surface area (Å²) in [5.41, 5.74) is 9.60. The summed E-state index contributed by atoms with van der Waals surface area (Å²) < 4.78 is 75.6. The van der Waals surface area contributed by atoms with Crippen LogP contribution in [0.5, 0.6) is 23.0 Å². The Bertz CT molecular complexity index is 4880. The van der Waals surface area contributed by atoms with Crippen molar-refractivity contribution in [2.45, 2.75) is 111 Å². The molecule has 0 unspecified atom stereocenters. The number of hydrogen-bond acceptors (Lipinski definition) is 16. The molecule has 3 aliphatic carbocycles. The van der Waals surface area contributed by atoms with E-state index in [1.807, 2.05) is 128 Å². The molecular formula is C78H82ClN7O13S2. The molecule has 20 nitrogen and oxygen atoms in total. The Morgan fingerprint density at radius 3 is 1.72 bits per heavy atom. The number of benzene rings is 6. The number of piperazine rings is 1. The van der Waals surface area contributed by atoms with Gasteiger partial charge in [-0.05, 0) is 182 Å². The lowest BCUT2D eigenvalue weighted by Gasteiger charge is -2.33. The number of aliphatic hydroxyl groups excluding tert-OH is 1. The largest absolute Gasteiger partial charge is 0.454 e. The highest BCUT2D eigenvalue weighted by molar-refractivity contribution is 7.89. The lowest BCUT2D eigenvalue weighted by Crippen LogP contribution is -2.49. The van der Waals surface area contributed by atoms with Gasteiger partial charge < -0.3 is 34.3 Å². The SMILES string of the molecule is CC(=O)N1CCN(S(=O)(=O)c2ccc(-c3ccnc(CC(=O)C4(c5ccc6c(c5)OCO6)CC4)c3)cc2)CC1.CNS(=O)(=O)c1ccc(-c2cccc(NC(=O)C3(c4ccc(Cl)cc4)CCCC3)n2)cc1.Cc1nc(CC(=O)C2(c3ccc4c(c3)OCO4)CC2)ccc1-c1ccccc1CO.[HH].[HH].[HH]. The van der Waals surface area contributed by atoms with Gasteiger partial charge in [0.05, 0.1) is 38.3 Å². The summed E-state index contributed by atoms with van der Waals surface area (Å²) in [5.74, 6) is 3.48. The molecule has 3 N–H and O–H groups in total. The van der Waals surface area contributed by atoms with Crippen molar-refractivity contribution >= 4 is 60.8 Å². The van der Waals surface area contributed by atoms with Crippen LogP contribution in [0.25, 0.3) is 33.5 Å². The average molecular weight is 1430 g/mol. The Morgan fingerprint density at radius 1 is 0.564 bits per heavy atom. The first-order valence-corrected chi connectivity index (χ1v) is 36.9. The zero-order valence-electron chi connectivity index (χ0n) is 56.1. The van der Waals surface area contributed by atoms with Crippen LogP contribution in [0.1, 0.15) is 102 Å². The number of fused-ring (bicyclic) bond motifs is 2. The summed E-state index contributed by atoms with van der Waals surface area (Å²) in [4.78, 5) is 67.4. The fourth-order valence-corrected chi connectivity index (χ4v) is 16.1. The van der Waals surface area contributed by atoms with Gasteiger partial charge in [0.2, 0.25) is 45.4 Å². The summed E-state index contributed by atoms with van der Waals surface area (Å²) in [6, 6.07) is 53.1. The zero-order chi connectivity index (χ0) is 70.7. The Labute approximate surface area is 596 Å². The molecule has 15 rings (SSSR count). The van der Waals surface area contributed by atoms with Crippen LogP contribution in [0, 0.1) is 6.92 Å². The number of hydrogen-bond donors (Lipinski definition) is 3. The van der Waals surface area contributed by atoms with E-state index >= 15 is 0 Å². The third-order valence-corrected chi connectivity index (χ3v) is 23.7. The van der Waals surface area contributed by atoms with Crippen molar-refractivity contribution in [2.75, 3.05) is 52.1 Å². The van der Waals surface area contributed by atoms with Crippen molar-refractivity contribution in [2.24, 2.45) is 0 Å². The first kappa shape index (κ1) is 69.8. The monoisotopic (exact) mass is 1420 g/mol. The first-order chi connectivity index (χ1) is 48.7. The molecule has 23 heteroatoms. The number of carbonyl (C=O) groups excluding carboxylic acids is 4. The summed E-state index contributed by atoms with van der Waals surface area (Å²) in [6.07, 6.45) is 9.03. The smallest absolute Gasteiger partial charge is 0.243 e. The molecule has 0 bridgehead atoms. The molecule has 6 aromatic carbocycles. The van der Waals surface area contributed by atoms with Crippen LogP contribution in [0.2, 0.25) is 5.02 Å². The number of aryl methyl sites for hydroxylation is 1. The van der Waals surface area contributed by atoms with Crippen molar-refractivity contribution in [3.05, 3.63) is 226 Å². The maximum absolute atomic E-state index is 13.4. The maximum atomic E-state index is 13.4. The third-order valence-electron chi connectivity index (χ3n) is 20.1. The van der Waals surface area contributed by atoms with E-state index in [1.54, 1.807) is 53.6 Å². The molecule has 6 aliphatic rings. The lowest BCUT2D eigenvalue weighted by molar-refractivity contribution is -0.130. The van der Waals surface area contributed by atoms with Gasteiger partial charge in [0.1, 0.15) is 17.4 Å². The molecule has 101 heavy (non-hydrogen) atoms. The van der Waals surface area contributed by atoms with E-state index in [-0.39, 0.29) is 77.2 Å². The second-order valence-corrected chi connectivity index (χ2v) is 30.4. The van der Waals surface area contributed by atoms with Crippen LogP contribution in [0.15, 0.2) is 192 Å². The molecule has 1 saturated heterocycles. The predicted octanol–water partition coefficient (Wildman–Crippen LogP) is 12.8. The number of aliphatic hydroxyl groups is 1. The van der Waals surface area contributed by atoms with E-state index in [9.17, 15) is 41.1 Å². The number of carbonyl (C=O) groups is 4. The number of halogens is 1. The minimum atomic E-state index is -3.65. The number of nitrogens with one attached hydrogen (secondary N) is 2. The number of anilines is 1. The normalized spacial score (nSPS) is 16.6. The average Bonchev–Trinajstić information content (AvgIpc) is 1.59. The third kappa shape index (κ3) is 14.8. The fourth-order valence-electron chi connectivity index (χ4n) is 13.9. The molecule has 9 aromatic rings. The summed E-state index contributed by atoms with van der Waals surface area (Å²) >= 11 is 6.04. The van der Waals surface area contributed by atoms with Gasteiger partial charge in [-0.15, -0.1) is 0 Å². The maximum Gasteiger partial charge on any atom is 0.243 e. The molecule has 526 valence electrons. The van der Waals surface area contributed by atoms with Crippen molar-refractivity contribution in [1.82, 2.24) is 28.9 Å². The fraction of sp³-hybridized carbons (Fsp3) is 0.295. The minimum absolute atomic E-state index is 0. The number of ether oxygens (including phenoxy) is 4. The van der Waals surface area contributed by atoms with E-state index in [1.165, 1.54) is 30.4 Å². The van der Waals surface area contributed by atoms with Gasteiger partial charge in [0.15, 0.2) is 23.0 Å². The Morgan fingerprint density at radius 2 is 1.14 bits per heavy atom. The summed E-state index contributed by atoms with van der Waals surface area (Å²) in [6.45, 7) is 5.18. The molecule has 2 amide bonds. The van der Waals surface area contributed by atoms with Crippen LogP contribution in [-0.4, -0.2) is 116 Å². The van der Waals surface area contributed by atoms with E-state index < -0.39 is 36.3 Å². The van der Waals surface area contributed by atoms with Gasteiger partial charge >= 0.3 is 0 Å². The minimum Gasteiger partial charge on any atom is -0.454 e. The Hall–Kier alpha value is -9.68. The van der Waals surface area contributed by atoms with E-state index in [0.717, 1.165) is 119 Å². The van der Waals surface area contributed by atoms with Gasteiger partial charge in [-0.1, -0.05) is 109 Å². The van der Waals surface area contributed by atoms with Crippen molar-refractivity contribution in [3.8, 4) is 56.5 Å². The summed E-state index contributed by atoms with van der Waals surface area (Å²) in [7, 11) is -5.78. The molecular weight excluding hydrogens is 1340 g/mol. The Balaban J connectivity index is 0.000000167. The van der Waals surface area contributed by atoms with Crippen LogP contribution >= 0.6 is 11.6 Å². The number of nitrogens with zero attached hydrogens (tertiary/aromatic N) is 5.